The van der Waals surface area contributed by atoms with Crippen molar-refractivity contribution >= 4 is 11.8 Å². The Balaban J connectivity index is 1.42. The number of nitrogens with zero attached hydrogens (tertiary/aromatic N) is 2. The number of pyridine rings is 1. The maximum Gasteiger partial charge on any atom is 0.304 e. The first-order valence-electron chi connectivity index (χ1n) is 10.9. The van der Waals surface area contributed by atoms with Crippen molar-refractivity contribution in [2.45, 2.75) is 44.4 Å². The van der Waals surface area contributed by atoms with Crippen LogP contribution in [0.15, 0.2) is 36.4 Å². The molecule has 2 aromatic heterocycles. The molecule has 1 atom stereocenters. The molecule has 0 saturated carbocycles. The van der Waals surface area contributed by atoms with Crippen molar-refractivity contribution < 1.29 is 19.0 Å². The molecule has 0 unspecified atom stereocenters. The van der Waals surface area contributed by atoms with Gasteiger partial charge in [0.2, 0.25) is 0 Å². The zero-order valence-corrected chi connectivity index (χ0v) is 18.0. The summed E-state index contributed by atoms with van der Waals surface area (Å²) >= 11 is 0. The number of methoxy groups -OCH3 is 1. The second-order valence-electron chi connectivity index (χ2n) is 8.06. The van der Waals surface area contributed by atoms with Crippen LogP contribution in [0.5, 0.6) is 5.75 Å². The number of carboxylic acids is 1. The largest absolute Gasteiger partial charge is 0.494 e. The standard InChI is InChI=1S/C24H27FN4O3/c1-32-22-10-8-16(12-20(22)25)19(14-23(30)31)21-13-18(28-29-21)6-2-5-17-9-7-15-4-3-11-26-24(15)27-17/h7-10,12-13,19H,2-6,11,14H2,1H3,(H,26,27)(H,28,29)(H,30,31)/t19-/m1/s1. The number of fused-ring (bicyclic) bond motifs is 1. The number of ether oxygens (including phenoxy) is 1. The SMILES string of the molecule is COc1ccc([C@@H](CC(=O)O)c2cc(CCCc3ccc4c(n3)NCCC4)[nH]n2)cc1F. The van der Waals surface area contributed by atoms with Gasteiger partial charge in [0.25, 0.3) is 0 Å². The van der Waals surface area contributed by atoms with Crippen molar-refractivity contribution in [3.05, 3.63) is 70.4 Å². The van der Waals surface area contributed by atoms with Gasteiger partial charge in [-0.05, 0) is 67.5 Å². The Kier molecular flexibility index (Phi) is 6.68. The molecule has 168 valence electrons. The molecular formula is C24H27FN4O3. The lowest BCUT2D eigenvalue weighted by molar-refractivity contribution is -0.137. The summed E-state index contributed by atoms with van der Waals surface area (Å²) in [4.78, 5) is 16.2. The summed E-state index contributed by atoms with van der Waals surface area (Å²) in [6, 6.07) is 10.6. The van der Waals surface area contributed by atoms with Crippen molar-refractivity contribution in [1.82, 2.24) is 15.2 Å². The predicted octanol–water partition coefficient (Wildman–Crippen LogP) is 4.09. The van der Waals surface area contributed by atoms with Crippen LogP contribution in [0, 0.1) is 5.82 Å². The molecule has 0 aliphatic carbocycles. The van der Waals surface area contributed by atoms with Crippen LogP contribution in [0.4, 0.5) is 10.2 Å². The minimum atomic E-state index is -0.970. The van der Waals surface area contributed by atoms with Crippen molar-refractivity contribution in [2.24, 2.45) is 0 Å². The molecular weight excluding hydrogens is 411 g/mol. The van der Waals surface area contributed by atoms with Gasteiger partial charge < -0.3 is 15.2 Å². The van der Waals surface area contributed by atoms with Crippen LogP contribution in [0.3, 0.4) is 0 Å². The van der Waals surface area contributed by atoms with E-state index in [-0.39, 0.29) is 12.2 Å². The molecule has 0 radical (unpaired) electrons. The van der Waals surface area contributed by atoms with E-state index in [4.69, 9.17) is 9.72 Å². The van der Waals surface area contributed by atoms with Gasteiger partial charge in [-0.3, -0.25) is 9.89 Å². The van der Waals surface area contributed by atoms with Crippen LogP contribution in [-0.2, 0) is 24.1 Å². The topological polar surface area (TPSA) is 100 Å². The fourth-order valence-corrected chi connectivity index (χ4v) is 4.12. The maximum absolute atomic E-state index is 14.2. The maximum atomic E-state index is 14.2. The number of carboxylic acid groups (broad SMARTS) is 1. The first-order valence-corrected chi connectivity index (χ1v) is 10.9. The third kappa shape index (κ3) is 5.07. The Hall–Kier alpha value is -3.42. The number of aliphatic carboxylic acids is 1. The first-order chi connectivity index (χ1) is 15.5. The van der Waals surface area contributed by atoms with Gasteiger partial charge in [0, 0.05) is 23.9 Å². The van der Waals surface area contributed by atoms with Crippen LogP contribution >= 0.6 is 0 Å². The number of carbonyl (C=O) groups is 1. The molecule has 1 aromatic carbocycles. The molecule has 4 rings (SSSR count). The number of H-pyrrole nitrogens is 1. The van der Waals surface area contributed by atoms with Gasteiger partial charge in [0.1, 0.15) is 5.82 Å². The van der Waals surface area contributed by atoms with Crippen LogP contribution in [0.25, 0.3) is 0 Å². The normalized spacial score (nSPS) is 13.8. The molecule has 3 aromatic rings. The number of nitrogens with one attached hydrogen (secondary N) is 2. The smallest absolute Gasteiger partial charge is 0.304 e. The summed E-state index contributed by atoms with van der Waals surface area (Å²) < 4.78 is 19.2. The van der Waals surface area contributed by atoms with Crippen LogP contribution in [0.2, 0.25) is 0 Å². The van der Waals surface area contributed by atoms with E-state index in [1.54, 1.807) is 6.07 Å². The Morgan fingerprint density at radius 3 is 2.91 bits per heavy atom. The third-order valence-electron chi connectivity index (χ3n) is 5.80. The molecule has 8 heteroatoms. The molecule has 0 bridgehead atoms. The van der Waals surface area contributed by atoms with Gasteiger partial charge in [-0.1, -0.05) is 12.1 Å². The molecule has 3 N–H and O–H groups in total. The van der Waals surface area contributed by atoms with Gasteiger partial charge in [-0.15, -0.1) is 0 Å². The van der Waals surface area contributed by atoms with E-state index in [0.717, 1.165) is 55.9 Å². The summed E-state index contributed by atoms with van der Waals surface area (Å²) in [6.45, 7) is 0.968. The highest BCUT2D eigenvalue weighted by atomic mass is 19.1. The van der Waals surface area contributed by atoms with Gasteiger partial charge in [0.15, 0.2) is 11.6 Å². The Labute approximate surface area is 186 Å². The zero-order chi connectivity index (χ0) is 22.5. The quantitative estimate of drug-likeness (QED) is 0.465. The Morgan fingerprint density at radius 2 is 2.12 bits per heavy atom. The second-order valence-corrected chi connectivity index (χ2v) is 8.06. The van der Waals surface area contributed by atoms with E-state index < -0.39 is 17.7 Å². The van der Waals surface area contributed by atoms with Gasteiger partial charge >= 0.3 is 5.97 Å². The number of hydrogen-bond acceptors (Lipinski definition) is 5. The monoisotopic (exact) mass is 438 g/mol. The van der Waals surface area contributed by atoms with Crippen LogP contribution in [-0.4, -0.2) is 39.9 Å². The summed E-state index contributed by atoms with van der Waals surface area (Å²) in [5.74, 6) is -0.922. The van der Waals surface area contributed by atoms with E-state index >= 15 is 0 Å². The minimum absolute atomic E-state index is 0.122. The lowest BCUT2D eigenvalue weighted by Crippen LogP contribution is -2.14. The highest BCUT2D eigenvalue weighted by Crippen LogP contribution is 2.30. The molecule has 1 aliphatic heterocycles. The van der Waals surface area contributed by atoms with E-state index in [0.29, 0.717) is 11.3 Å². The summed E-state index contributed by atoms with van der Waals surface area (Å²) in [6.07, 6.45) is 4.52. The molecule has 0 spiro atoms. The van der Waals surface area contributed by atoms with Crippen molar-refractivity contribution in [3.63, 3.8) is 0 Å². The number of halogens is 1. The number of aryl methyl sites for hydroxylation is 3. The molecule has 0 fully saturated rings. The summed E-state index contributed by atoms with van der Waals surface area (Å²) in [7, 11) is 1.39. The number of rotatable bonds is 9. The molecule has 0 saturated heterocycles. The number of aromatic nitrogens is 3. The number of benzene rings is 1. The third-order valence-corrected chi connectivity index (χ3v) is 5.80. The van der Waals surface area contributed by atoms with E-state index in [1.807, 2.05) is 6.07 Å². The summed E-state index contributed by atoms with van der Waals surface area (Å²) in [5.41, 5.74) is 4.38. The predicted molar refractivity (Wildman–Crippen MR) is 119 cm³/mol. The number of anilines is 1. The van der Waals surface area contributed by atoms with Crippen molar-refractivity contribution in [2.75, 3.05) is 19.0 Å². The highest BCUT2D eigenvalue weighted by Gasteiger charge is 2.22. The highest BCUT2D eigenvalue weighted by molar-refractivity contribution is 5.69. The van der Waals surface area contributed by atoms with Gasteiger partial charge in [-0.2, -0.15) is 5.10 Å². The Bertz CT molecular complexity index is 1100. The molecule has 0 amide bonds. The summed E-state index contributed by atoms with van der Waals surface area (Å²) in [5, 5.41) is 20.1. The average molecular weight is 439 g/mol. The molecule has 1 aliphatic rings. The van der Waals surface area contributed by atoms with Gasteiger partial charge in [0.05, 0.1) is 19.2 Å². The average Bonchev–Trinajstić information content (AvgIpc) is 3.26. The lowest BCUT2D eigenvalue weighted by Gasteiger charge is -2.17. The number of hydrogen-bond donors (Lipinski definition) is 3. The van der Waals surface area contributed by atoms with E-state index in [2.05, 4.69) is 27.6 Å². The number of aromatic amines is 1. The van der Waals surface area contributed by atoms with Crippen molar-refractivity contribution in [1.29, 1.82) is 0 Å². The fourth-order valence-electron chi connectivity index (χ4n) is 4.12. The lowest BCUT2D eigenvalue weighted by atomic mass is 9.92. The molecule has 32 heavy (non-hydrogen) atoms. The second kappa shape index (κ2) is 9.80. The van der Waals surface area contributed by atoms with Crippen LogP contribution < -0.4 is 10.1 Å². The van der Waals surface area contributed by atoms with E-state index in [1.165, 1.54) is 24.8 Å². The van der Waals surface area contributed by atoms with E-state index in [9.17, 15) is 14.3 Å². The molecule has 3 heterocycles. The van der Waals surface area contributed by atoms with Gasteiger partial charge in [-0.25, -0.2) is 9.37 Å². The molecule has 7 nitrogen and oxygen atoms in total. The zero-order valence-electron chi connectivity index (χ0n) is 18.0. The minimum Gasteiger partial charge on any atom is -0.494 e. The first kappa shape index (κ1) is 21.8. The fraction of sp³-hybridized carbons (Fsp3) is 0.375. The van der Waals surface area contributed by atoms with Crippen molar-refractivity contribution in [3.8, 4) is 5.75 Å². The Morgan fingerprint density at radius 1 is 1.25 bits per heavy atom. The van der Waals surface area contributed by atoms with Crippen LogP contribution in [0.1, 0.15) is 53.4 Å².